The van der Waals surface area contributed by atoms with Crippen molar-refractivity contribution in [3.05, 3.63) is 71.3 Å². The van der Waals surface area contributed by atoms with Crippen LogP contribution < -0.4 is 14.8 Å². The number of ether oxygens (including phenoxy) is 3. The Labute approximate surface area is 185 Å². The number of nitrogens with zero attached hydrogens (tertiary/aromatic N) is 2. The lowest BCUT2D eigenvalue weighted by Crippen LogP contribution is -2.43. The summed E-state index contributed by atoms with van der Waals surface area (Å²) in [4.78, 5) is 34.7. The van der Waals surface area contributed by atoms with Gasteiger partial charge in [0.25, 0.3) is 0 Å². The van der Waals surface area contributed by atoms with E-state index < -0.39 is 5.97 Å². The zero-order chi connectivity index (χ0) is 22.7. The van der Waals surface area contributed by atoms with Gasteiger partial charge in [-0.3, -0.25) is 0 Å². The van der Waals surface area contributed by atoms with Crippen molar-refractivity contribution < 1.29 is 23.8 Å². The van der Waals surface area contributed by atoms with Gasteiger partial charge in [0, 0.05) is 18.7 Å². The van der Waals surface area contributed by atoms with E-state index in [0.29, 0.717) is 30.0 Å². The molecule has 2 aromatic carbocycles. The van der Waals surface area contributed by atoms with Crippen molar-refractivity contribution in [1.29, 1.82) is 0 Å². The summed E-state index contributed by atoms with van der Waals surface area (Å²) in [5, 5.41) is 2.89. The van der Waals surface area contributed by atoms with Crippen LogP contribution in [0.25, 0.3) is 0 Å². The smallest absolute Gasteiger partial charge is 0.337 e. The van der Waals surface area contributed by atoms with Crippen molar-refractivity contribution in [3.63, 3.8) is 0 Å². The number of hydrogen-bond donors (Lipinski definition) is 2. The number of methoxy groups -OCH3 is 3. The van der Waals surface area contributed by atoms with Gasteiger partial charge in [0.2, 0.25) is 0 Å². The van der Waals surface area contributed by atoms with Crippen LogP contribution in [0.1, 0.15) is 33.4 Å². The Bertz CT molecular complexity index is 1130. The molecule has 166 valence electrons. The first-order valence-corrected chi connectivity index (χ1v) is 10.1. The van der Waals surface area contributed by atoms with Crippen LogP contribution in [0.2, 0.25) is 0 Å². The molecule has 9 nitrogen and oxygen atoms in total. The number of carbonyl (C=O) groups is 2. The highest BCUT2D eigenvalue weighted by molar-refractivity contribution is 5.95. The summed E-state index contributed by atoms with van der Waals surface area (Å²) in [6.07, 6.45) is 2.29. The van der Waals surface area contributed by atoms with Crippen molar-refractivity contribution in [2.45, 2.75) is 12.5 Å². The van der Waals surface area contributed by atoms with E-state index in [0.717, 1.165) is 22.7 Å². The van der Waals surface area contributed by atoms with Crippen LogP contribution in [0.15, 0.2) is 48.8 Å². The van der Waals surface area contributed by atoms with Crippen molar-refractivity contribution in [2.24, 2.45) is 0 Å². The van der Waals surface area contributed by atoms with E-state index in [1.54, 1.807) is 30.5 Å². The fraction of sp³-hybridized carbons (Fsp3) is 0.261. The quantitative estimate of drug-likeness (QED) is 0.594. The molecule has 0 fully saturated rings. The first kappa shape index (κ1) is 21.2. The molecular weight excluding hydrogens is 412 g/mol. The van der Waals surface area contributed by atoms with Crippen molar-refractivity contribution in [1.82, 2.24) is 14.9 Å². The highest BCUT2D eigenvalue weighted by Gasteiger charge is 2.34. The summed E-state index contributed by atoms with van der Waals surface area (Å²) in [7, 11) is 4.41. The lowest BCUT2D eigenvalue weighted by molar-refractivity contribution is 0.0600. The number of carbonyl (C=O) groups excluding carboxylic acids is 2. The minimum absolute atomic E-state index is 0.309. The predicted molar refractivity (Wildman–Crippen MR) is 117 cm³/mol. The fourth-order valence-electron chi connectivity index (χ4n) is 3.86. The predicted octanol–water partition coefficient (Wildman–Crippen LogP) is 3.39. The molecule has 0 radical (unpaired) electrons. The van der Waals surface area contributed by atoms with E-state index in [1.165, 1.54) is 20.3 Å². The Morgan fingerprint density at radius 3 is 2.56 bits per heavy atom. The summed E-state index contributed by atoms with van der Waals surface area (Å²) < 4.78 is 15.4. The minimum atomic E-state index is -0.501. The molecule has 1 aromatic heterocycles. The van der Waals surface area contributed by atoms with Crippen molar-refractivity contribution >= 4 is 17.7 Å². The van der Waals surface area contributed by atoms with Gasteiger partial charge in [-0.15, -0.1) is 0 Å². The van der Waals surface area contributed by atoms with Gasteiger partial charge >= 0.3 is 12.0 Å². The molecule has 2 amide bonds. The van der Waals surface area contributed by atoms with Crippen LogP contribution in [0, 0.1) is 0 Å². The third-order valence-electron chi connectivity index (χ3n) is 5.48. The number of urea groups is 1. The second-order valence-electron chi connectivity index (χ2n) is 7.22. The highest BCUT2D eigenvalue weighted by Crippen LogP contribution is 2.35. The Morgan fingerprint density at radius 1 is 1.09 bits per heavy atom. The molecule has 9 heteroatoms. The number of esters is 1. The Hall–Kier alpha value is -4.01. The molecule has 0 saturated carbocycles. The van der Waals surface area contributed by atoms with Crippen LogP contribution in [-0.4, -0.2) is 54.7 Å². The van der Waals surface area contributed by atoms with Gasteiger partial charge in [-0.25, -0.2) is 14.6 Å². The largest absolute Gasteiger partial charge is 0.497 e. The van der Waals surface area contributed by atoms with Crippen LogP contribution in [0.5, 0.6) is 11.5 Å². The average Bonchev–Trinajstić information content (AvgIpc) is 3.32. The molecule has 0 aliphatic carbocycles. The van der Waals surface area contributed by atoms with Gasteiger partial charge in [0.05, 0.1) is 44.6 Å². The Kier molecular flexibility index (Phi) is 5.98. The Balaban J connectivity index is 1.67. The molecule has 0 bridgehead atoms. The van der Waals surface area contributed by atoms with Gasteiger partial charge in [-0.2, -0.15) is 0 Å². The molecule has 3 aromatic rings. The van der Waals surface area contributed by atoms with Gasteiger partial charge in [-0.05, 0) is 35.9 Å². The molecule has 4 rings (SSSR count). The molecule has 0 saturated heterocycles. The zero-order valence-electron chi connectivity index (χ0n) is 18.0. The number of hydrogen-bond acceptors (Lipinski definition) is 6. The van der Waals surface area contributed by atoms with E-state index >= 15 is 0 Å². The first-order valence-electron chi connectivity index (χ1n) is 10.1. The normalized spacial score (nSPS) is 15.0. The van der Waals surface area contributed by atoms with Crippen LogP contribution in [-0.2, 0) is 11.2 Å². The maximum Gasteiger partial charge on any atom is 0.337 e. The third-order valence-corrected chi connectivity index (χ3v) is 5.48. The second-order valence-corrected chi connectivity index (χ2v) is 7.22. The number of imidazole rings is 1. The van der Waals surface area contributed by atoms with Crippen LogP contribution >= 0.6 is 0 Å². The SMILES string of the molecule is COC(=O)c1ccc(OC)c(NC(=O)N2CCc3[nH]cnc3C2c2ccc(OC)cc2)c1. The van der Waals surface area contributed by atoms with Crippen LogP contribution in [0.3, 0.4) is 0 Å². The monoisotopic (exact) mass is 436 g/mol. The maximum absolute atomic E-state index is 13.4. The van der Waals surface area contributed by atoms with Crippen molar-refractivity contribution in [2.75, 3.05) is 33.2 Å². The number of aromatic nitrogens is 2. The molecule has 32 heavy (non-hydrogen) atoms. The summed E-state index contributed by atoms with van der Waals surface area (Å²) >= 11 is 0. The number of rotatable bonds is 5. The molecule has 2 N–H and O–H groups in total. The van der Waals surface area contributed by atoms with Gasteiger partial charge in [0.1, 0.15) is 17.5 Å². The Morgan fingerprint density at radius 2 is 1.88 bits per heavy atom. The summed E-state index contributed by atoms with van der Waals surface area (Å²) in [6, 6.07) is 11.6. The fourth-order valence-corrected chi connectivity index (χ4v) is 3.86. The number of amides is 2. The number of H-pyrrole nitrogens is 1. The summed E-state index contributed by atoms with van der Waals surface area (Å²) in [6.45, 7) is 0.483. The molecular formula is C23H24N4O5. The topological polar surface area (TPSA) is 106 Å². The maximum atomic E-state index is 13.4. The lowest BCUT2D eigenvalue weighted by atomic mass is 9.96. The molecule has 1 aliphatic heterocycles. The second kappa shape index (κ2) is 9.01. The summed E-state index contributed by atoms with van der Waals surface area (Å²) in [5.41, 5.74) is 3.39. The number of fused-ring (bicyclic) bond motifs is 1. The molecule has 1 aliphatic rings. The van der Waals surface area contributed by atoms with E-state index in [1.807, 2.05) is 24.3 Å². The van der Waals surface area contributed by atoms with Gasteiger partial charge in [-0.1, -0.05) is 12.1 Å². The number of nitrogens with one attached hydrogen (secondary N) is 2. The minimum Gasteiger partial charge on any atom is -0.497 e. The third kappa shape index (κ3) is 3.96. The molecule has 1 unspecified atom stereocenters. The van der Waals surface area contributed by atoms with E-state index in [-0.39, 0.29) is 12.1 Å². The van der Waals surface area contributed by atoms with Gasteiger partial charge in [0.15, 0.2) is 0 Å². The summed E-state index contributed by atoms with van der Waals surface area (Å²) in [5.74, 6) is 0.662. The lowest BCUT2D eigenvalue weighted by Gasteiger charge is -2.35. The van der Waals surface area contributed by atoms with E-state index in [9.17, 15) is 9.59 Å². The average molecular weight is 436 g/mol. The van der Waals surface area contributed by atoms with E-state index in [2.05, 4.69) is 15.3 Å². The molecule has 0 spiro atoms. The van der Waals surface area contributed by atoms with E-state index in [4.69, 9.17) is 14.2 Å². The standard InChI is InChI=1S/C23H24N4O5/c1-30-16-7-4-14(5-8-16)21-20-17(24-13-25-20)10-11-27(21)23(29)26-18-12-15(22(28)32-3)6-9-19(18)31-2/h4-9,12-13,21H,10-11H2,1-3H3,(H,24,25)(H,26,29). The number of anilines is 1. The van der Waals surface area contributed by atoms with Crippen LogP contribution in [0.4, 0.5) is 10.5 Å². The highest BCUT2D eigenvalue weighted by atomic mass is 16.5. The van der Waals surface area contributed by atoms with Crippen molar-refractivity contribution in [3.8, 4) is 11.5 Å². The number of aromatic amines is 1. The molecule has 1 atom stereocenters. The zero-order valence-corrected chi connectivity index (χ0v) is 18.0. The van der Waals surface area contributed by atoms with Gasteiger partial charge < -0.3 is 29.4 Å². The molecule has 2 heterocycles. The number of benzene rings is 2. The first-order chi connectivity index (χ1) is 15.5.